The summed E-state index contributed by atoms with van der Waals surface area (Å²) in [6, 6.07) is 19.8. The fourth-order valence-electron chi connectivity index (χ4n) is 2.14. The van der Waals surface area contributed by atoms with Crippen LogP contribution in [0.2, 0.25) is 5.02 Å². The van der Waals surface area contributed by atoms with Crippen molar-refractivity contribution in [2.45, 2.75) is 13.2 Å². The Morgan fingerprint density at radius 3 is 2.03 bits per heavy atom. The third-order valence-electron chi connectivity index (χ3n) is 3.67. The van der Waals surface area contributed by atoms with Gasteiger partial charge in [-0.2, -0.15) is 0 Å². The number of carboxylic acid groups (broad SMARTS) is 2. The number of halogens is 1. The van der Waals surface area contributed by atoms with Crippen molar-refractivity contribution in [2.75, 3.05) is 0 Å². The number of nitrogens with zero attached hydrogens (tertiary/aromatic N) is 1. The van der Waals surface area contributed by atoms with Gasteiger partial charge in [0.15, 0.2) is 0 Å². The maximum absolute atomic E-state index is 12.0. The van der Waals surface area contributed by atoms with Crippen LogP contribution in [0.1, 0.15) is 21.6 Å². The van der Waals surface area contributed by atoms with Crippen LogP contribution in [0.3, 0.4) is 0 Å². The van der Waals surface area contributed by atoms with Crippen molar-refractivity contribution in [3.05, 3.63) is 94.8 Å². The molecule has 0 aliphatic carbocycles. The number of rotatable bonds is 6. The number of esters is 1. The molecular weight excluding hydrogens is 426 g/mol. The van der Waals surface area contributed by atoms with Crippen LogP contribution in [0.25, 0.3) is 0 Å². The topological polar surface area (TPSA) is 123 Å². The molecule has 160 valence electrons. The van der Waals surface area contributed by atoms with Gasteiger partial charge in [-0.1, -0.05) is 29.8 Å². The van der Waals surface area contributed by atoms with Crippen molar-refractivity contribution in [1.29, 1.82) is 0 Å². The summed E-state index contributed by atoms with van der Waals surface area (Å²) in [5, 5.41) is 15.4. The molecule has 0 unspecified atom stereocenters. The van der Waals surface area contributed by atoms with Gasteiger partial charge in [-0.3, -0.25) is 4.98 Å². The minimum absolute atomic E-state index is 0.154. The van der Waals surface area contributed by atoms with Gasteiger partial charge in [-0.15, -0.1) is 0 Å². The summed E-state index contributed by atoms with van der Waals surface area (Å²) in [4.78, 5) is 34.4. The summed E-state index contributed by atoms with van der Waals surface area (Å²) in [7, 11) is 0. The molecule has 9 heteroatoms. The molecule has 1 aromatic heterocycles. The summed E-state index contributed by atoms with van der Waals surface area (Å²) in [6.07, 6.45) is 1.67. The van der Waals surface area contributed by atoms with Gasteiger partial charge < -0.3 is 19.7 Å². The van der Waals surface area contributed by atoms with Gasteiger partial charge in [-0.25, -0.2) is 14.4 Å². The lowest BCUT2D eigenvalue weighted by Crippen LogP contribution is -2.09. The van der Waals surface area contributed by atoms with Crippen molar-refractivity contribution >= 4 is 29.5 Å². The van der Waals surface area contributed by atoms with Crippen LogP contribution in [0, 0.1) is 0 Å². The number of carbonyl (C=O) groups excluding carboxylic acids is 1. The minimum atomic E-state index is -1.82. The number of ether oxygens (including phenoxy) is 2. The first kappa shape index (κ1) is 23.4. The summed E-state index contributed by atoms with van der Waals surface area (Å²) in [5.74, 6) is -3.29. The molecule has 2 N–H and O–H groups in total. The van der Waals surface area contributed by atoms with Crippen molar-refractivity contribution in [2.24, 2.45) is 0 Å². The smallest absolute Gasteiger partial charge is 0.414 e. The standard InChI is InChI=1S/C20H16ClNO3.C2H2O4/c21-17-8-10-19(11-9-17)24-13-15-4-6-16(7-5-15)20(23)25-14-18-3-1-2-12-22-18;3-1(4)2(5)6/h1-12H,13-14H2;(H,3,4)(H,5,6). The molecule has 3 aromatic rings. The summed E-state index contributed by atoms with van der Waals surface area (Å²) in [6.45, 7) is 0.562. The van der Waals surface area contributed by atoms with Crippen LogP contribution < -0.4 is 4.74 Å². The Morgan fingerprint density at radius 1 is 0.839 bits per heavy atom. The minimum Gasteiger partial charge on any atom is -0.489 e. The lowest BCUT2D eigenvalue weighted by Gasteiger charge is -2.08. The highest BCUT2D eigenvalue weighted by Crippen LogP contribution is 2.17. The summed E-state index contributed by atoms with van der Waals surface area (Å²) in [5.41, 5.74) is 2.16. The highest BCUT2D eigenvalue weighted by atomic mass is 35.5. The Balaban J connectivity index is 0.000000501. The Hall–Kier alpha value is -3.91. The van der Waals surface area contributed by atoms with E-state index in [4.69, 9.17) is 40.9 Å². The van der Waals surface area contributed by atoms with E-state index in [1.807, 2.05) is 42.5 Å². The molecule has 0 radical (unpaired) electrons. The fraction of sp³-hybridized carbons (Fsp3) is 0.0909. The lowest BCUT2D eigenvalue weighted by molar-refractivity contribution is -0.159. The second kappa shape index (κ2) is 11.9. The number of pyridine rings is 1. The van der Waals surface area contributed by atoms with E-state index in [1.54, 1.807) is 30.5 Å². The van der Waals surface area contributed by atoms with Crippen LogP contribution in [0.4, 0.5) is 0 Å². The van der Waals surface area contributed by atoms with Gasteiger partial charge in [0.2, 0.25) is 0 Å². The quantitative estimate of drug-likeness (QED) is 0.435. The summed E-state index contributed by atoms with van der Waals surface area (Å²) < 4.78 is 10.9. The maximum atomic E-state index is 12.0. The zero-order valence-corrected chi connectivity index (χ0v) is 16.9. The molecule has 3 rings (SSSR count). The van der Waals surface area contributed by atoms with Crippen molar-refractivity contribution in [3.8, 4) is 5.75 Å². The molecular formula is C22H18ClNO7. The van der Waals surface area contributed by atoms with E-state index in [2.05, 4.69) is 4.98 Å². The molecule has 0 amide bonds. The second-order valence-electron chi connectivity index (χ2n) is 5.95. The average Bonchev–Trinajstić information content (AvgIpc) is 2.78. The number of aromatic nitrogens is 1. The zero-order valence-electron chi connectivity index (χ0n) is 16.1. The highest BCUT2D eigenvalue weighted by molar-refractivity contribution is 6.30. The van der Waals surface area contributed by atoms with E-state index < -0.39 is 11.9 Å². The Bertz CT molecular complexity index is 994. The van der Waals surface area contributed by atoms with E-state index in [9.17, 15) is 4.79 Å². The fourth-order valence-corrected chi connectivity index (χ4v) is 2.27. The molecule has 0 aliphatic rings. The van der Waals surface area contributed by atoms with Gasteiger partial charge in [0.25, 0.3) is 0 Å². The van der Waals surface area contributed by atoms with Crippen molar-refractivity contribution in [1.82, 2.24) is 4.98 Å². The summed E-state index contributed by atoms with van der Waals surface area (Å²) >= 11 is 5.84. The molecule has 0 aliphatic heterocycles. The largest absolute Gasteiger partial charge is 0.489 e. The van der Waals surface area contributed by atoms with Crippen LogP contribution in [0.5, 0.6) is 5.75 Å². The number of hydrogen-bond donors (Lipinski definition) is 2. The Morgan fingerprint density at radius 2 is 1.48 bits per heavy atom. The lowest BCUT2D eigenvalue weighted by atomic mass is 10.1. The molecule has 0 spiro atoms. The number of hydrogen-bond acceptors (Lipinski definition) is 6. The molecule has 0 fully saturated rings. The van der Waals surface area contributed by atoms with E-state index in [0.29, 0.717) is 22.9 Å². The van der Waals surface area contributed by atoms with Crippen molar-refractivity contribution in [3.63, 3.8) is 0 Å². The molecule has 2 aromatic carbocycles. The highest BCUT2D eigenvalue weighted by Gasteiger charge is 2.08. The van der Waals surface area contributed by atoms with E-state index in [1.165, 1.54) is 0 Å². The van der Waals surface area contributed by atoms with Crippen LogP contribution >= 0.6 is 11.6 Å². The Labute approximate surface area is 182 Å². The van der Waals surface area contributed by atoms with E-state index >= 15 is 0 Å². The van der Waals surface area contributed by atoms with Crippen LogP contribution in [-0.2, 0) is 27.5 Å². The molecule has 1 heterocycles. The van der Waals surface area contributed by atoms with Gasteiger partial charge in [-0.05, 0) is 54.1 Å². The van der Waals surface area contributed by atoms with E-state index in [-0.39, 0.29) is 12.6 Å². The third-order valence-corrected chi connectivity index (χ3v) is 3.92. The third kappa shape index (κ3) is 8.55. The zero-order chi connectivity index (χ0) is 22.6. The Kier molecular flexibility index (Phi) is 9.00. The molecule has 8 nitrogen and oxygen atoms in total. The number of carbonyl (C=O) groups is 3. The van der Waals surface area contributed by atoms with Gasteiger partial charge in [0.05, 0.1) is 11.3 Å². The normalized spacial score (nSPS) is 9.71. The van der Waals surface area contributed by atoms with Crippen molar-refractivity contribution < 1.29 is 34.1 Å². The monoisotopic (exact) mass is 443 g/mol. The molecule has 0 saturated carbocycles. The maximum Gasteiger partial charge on any atom is 0.414 e. The first-order valence-electron chi connectivity index (χ1n) is 8.85. The molecule has 0 atom stereocenters. The predicted molar refractivity (Wildman–Crippen MR) is 111 cm³/mol. The molecule has 31 heavy (non-hydrogen) atoms. The van der Waals surface area contributed by atoms with Crippen LogP contribution in [-0.4, -0.2) is 33.1 Å². The van der Waals surface area contributed by atoms with Crippen LogP contribution in [0.15, 0.2) is 72.9 Å². The predicted octanol–water partition coefficient (Wildman–Crippen LogP) is 3.83. The molecule has 0 bridgehead atoms. The number of carboxylic acids is 2. The second-order valence-corrected chi connectivity index (χ2v) is 6.38. The van der Waals surface area contributed by atoms with Gasteiger partial charge >= 0.3 is 17.9 Å². The number of benzene rings is 2. The van der Waals surface area contributed by atoms with Gasteiger partial charge in [0.1, 0.15) is 19.0 Å². The first-order valence-corrected chi connectivity index (χ1v) is 9.23. The SMILES string of the molecule is O=C(O)C(=O)O.O=C(OCc1ccccn1)c1ccc(COc2ccc(Cl)cc2)cc1. The average molecular weight is 444 g/mol. The first-order chi connectivity index (χ1) is 14.8. The van der Waals surface area contributed by atoms with E-state index in [0.717, 1.165) is 11.3 Å². The van der Waals surface area contributed by atoms with Gasteiger partial charge in [0, 0.05) is 11.2 Å². The number of aliphatic carboxylic acids is 2. The molecule has 0 saturated heterocycles.